The zero-order valence-electron chi connectivity index (χ0n) is 11.4. The molecule has 106 valence electrons. The molecule has 2 rings (SSSR count). The third-order valence-electron chi connectivity index (χ3n) is 3.48. The number of rotatable bonds is 3. The quantitative estimate of drug-likeness (QED) is 0.890. The van der Waals surface area contributed by atoms with Gasteiger partial charge in [-0.05, 0) is 18.6 Å². The van der Waals surface area contributed by atoms with E-state index in [1.165, 1.54) is 10.6 Å². The van der Waals surface area contributed by atoms with Gasteiger partial charge in [-0.2, -0.15) is 4.31 Å². The van der Waals surface area contributed by atoms with Crippen LogP contribution in [-0.2, 0) is 10.0 Å². The Morgan fingerprint density at radius 1 is 1.16 bits per heavy atom. The van der Waals surface area contributed by atoms with Gasteiger partial charge in [0.05, 0.1) is 6.26 Å². The number of nitrogens with zero attached hydrogens (tertiary/aromatic N) is 2. The van der Waals surface area contributed by atoms with E-state index in [2.05, 4.69) is 11.0 Å². The third kappa shape index (κ3) is 3.26. The second-order valence-corrected chi connectivity index (χ2v) is 6.98. The van der Waals surface area contributed by atoms with E-state index in [1.54, 1.807) is 0 Å². The van der Waals surface area contributed by atoms with E-state index in [4.69, 9.17) is 5.73 Å². The fraction of sp³-hybridized carbons (Fsp3) is 0.538. The van der Waals surface area contributed by atoms with Crippen LogP contribution in [0.5, 0.6) is 0 Å². The van der Waals surface area contributed by atoms with Gasteiger partial charge >= 0.3 is 0 Å². The van der Waals surface area contributed by atoms with Crippen molar-refractivity contribution in [2.45, 2.75) is 13.0 Å². The highest BCUT2D eigenvalue weighted by Gasteiger charge is 2.24. The van der Waals surface area contributed by atoms with Gasteiger partial charge in [-0.1, -0.05) is 18.2 Å². The average molecular weight is 283 g/mol. The lowest BCUT2D eigenvalue weighted by Gasteiger charge is -2.36. The monoisotopic (exact) mass is 283 g/mol. The lowest BCUT2D eigenvalue weighted by atomic mass is 10.1. The highest BCUT2D eigenvalue weighted by molar-refractivity contribution is 7.88. The van der Waals surface area contributed by atoms with E-state index in [0.717, 1.165) is 11.3 Å². The zero-order valence-corrected chi connectivity index (χ0v) is 12.2. The minimum Gasteiger partial charge on any atom is -0.369 e. The molecule has 0 radical (unpaired) electrons. The first-order chi connectivity index (χ1) is 8.89. The maximum Gasteiger partial charge on any atom is 0.211 e. The normalized spacial score (nSPS) is 19.4. The number of para-hydroxylation sites is 1. The second kappa shape index (κ2) is 5.48. The van der Waals surface area contributed by atoms with E-state index < -0.39 is 10.0 Å². The predicted octanol–water partition coefficient (Wildman–Crippen LogP) is 0.788. The Labute approximate surface area is 115 Å². The van der Waals surface area contributed by atoms with Gasteiger partial charge in [0.1, 0.15) is 0 Å². The number of hydrogen-bond acceptors (Lipinski definition) is 4. The van der Waals surface area contributed by atoms with Gasteiger partial charge in [0.25, 0.3) is 0 Å². The smallest absolute Gasteiger partial charge is 0.211 e. The highest BCUT2D eigenvalue weighted by atomic mass is 32.2. The van der Waals surface area contributed by atoms with Crippen molar-refractivity contribution in [2.24, 2.45) is 5.73 Å². The molecule has 0 unspecified atom stereocenters. The number of piperazine rings is 1. The van der Waals surface area contributed by atoms with Crippen LogP contribution in [0.3, 0.4) is 0 Å². The number of anilines is 1. The van der Waals surface area contributed by atoms with Gasteiger partial charge in [0.2, 0.25) is 10.0 Å². The zero-order chi connectivity index (χ0) is 14.0. The molecule has 1 fully saturated rings. The van der Waals surface area contributed by atoms with Crippen LogP contribution in [0, 0.1) is 0 Å². The molecule has 0 saturated carbocycles. The molecule has 0 aliphatic carbocycles. The van der Waals surface area contributed by atoms with E-state index >= 15 is 0 Å². The minimum absolute atomic E-state index is 0.0239. The van der Waals surface area contributed by atoms with Crippen molar-refractivity contribution < 1.29 is 8.42 Å². The summed E-state index contributed by atoms with van der Waals surface area (Å²) >= 11 is 0. The van der Waals surface area contributed by atoms with Gasteiger partial charge in [0.15, 0.2) is 0 Å². The van der Waals surface area contributed by atoms with Crippen LogP contribution in [0.4, 0.5) is 5.69 Å². The number of sulfonamides is 1. The Bertz CT molecular complexity index is 535. The summed E-state index contributed by atoms with van der Waals surface area (Å²) in [5, 5.41) is 0. The van der Waals surface area contributed by atoms with E-state index in [0.29, 0.717) is 26.2 Å². The Hall–Kier alpha value is -1.11. The van der Waals surface area contributed by atoms with Crippen molar-refractivity contribution in [1.82, 2.24) is 4.31 Å². The maximum absolute atomic E-state index is 11.5. The van der Waals surface area contributed by atoms with Gasteiger partial charge in [-0.15, -0.1) is 0 Å². The summed E-state index contributed by atoms with van der Waals surface area (Å²) in [5.41, 5.74) is 8.21. The van der Waals surface area contributed by atoms with Crippen LogP contribution in [-0.4, -0.2) is 45.2 Å². The molecule has 1 heterocycles. The fourth-order valence-corrected chi connectivity index (χ4v) is 3.25. The number of hydrogen-bond donors (Lipinski definition) is 1. The van der Waals surface area contributed by atoms with Crippen LogP contribution in [0.15, 0.2) is 24.3 Å². The Morgan fingerprint density at radius 2 is 1.74 bits per heavy atom. The summed E-state index contributed by atoms with van der Waals surface area (Å²) < 4.78 is 24.5. The molecule has 1 aromatic carbocycles. The largest absolute Gasteiger partial charge is 0.369 e. The standard InChI is InChI=1S/C13H21N3O2S/c1-11(14)12-5-3-4-6-13(12)15-7-9-16(10-8-15)19(2,17)18/h3-6,11H,7-10,14H2,1-2H3/t11-/m1/s1. The van der Waals surface area contributed by atoms with Crippen molar-refractivity contribution >= 4 is 15.7 Å². The SMILES string of the molecule is C[C@@H](N)c1ccccc1N1CCN(S(C)(=O)=O)CC1. The molecular formula is C13H21N3O2S. The molecule has 5 nitrogen and oxygen atoms in total. The van der Waals surface area contributed by atoms with E-state index in [9.17, 15) is 8.42 Å². The molecule has 1 atom stereocenters. The van der Waals surface area contributed by atoms with Gasteiger partial charge in [-0.3, -0.25) is 0 Å². The Kier molecular flexibility index (Phi) is 4.13. The van der Waals surface area contributed by atoms with Gasteiger partial charge < -0.3 is 10.6 Å². The number of benzene rings is 1. The third-order valence-corrected chi connectivity index (χ3v) is 4.78. The first kappa shape index (κ1) is 14.3. The first-order valence-corrected chi connectivity index (χ1v) is 8.29. The molecule has 0 bridgehead atoms. The van der Waals surface area contributed by atoms with E-state index in [-0.39, 0.29) is 6.04 Å². The first-order valence-electron chi connectivity index (χ1n) is 6.44. The van der Waals surface area contributed by atoms with Crippen LogP contribution in [0.1, 0.15) is 18.5 Å². The minimum atomic E-state index is -3.08. The number of nitrogens with two attached hydrogens (primary N) is 1. The van der Waals surface area contributed by atoms with Gasteiger partial charge in [-0.25, -0.2) is 8.42 Å². The van der Waals surface area contributed by atoms with Crippen molar-refractivity contribution in [2.75, 3.05) is 37.3 Å². The molecule has 0 spiro atoms. The van der Waals surface area contributed by atoms with Crippen LogP contribution < -0.4 is 10.6 Å². The molecule has 1 saturated heterocycles. The Balaban J connectivity index is 2.14. The molecule has 1 aliphatic heterocycles. The topological polar surface area (TPSA) is 66.6 Å². The van der Waals surface area contributed by atoms with Crippen molar-refractivity contribution in [3.8, 4) is 0 Å². The van der Waals surface area contributed by atoms with Crippen LogP contribution in [0.2, 0.25) is 0 Å². The van der Waals surface area contributed by atoms with Crippen LogP contribution >= 0.6 is 0 Å². The molecule has 19 heavy (non-hydrogen) atoms. The summed E-state index contributed by atoms with van der Waals surface area (Å²) in [6.07, 6.45) is 1.26. The molecule has 2 N–H and O–H groups in total. The summed E-state index contributed by atoms with van der Waals surface area (Å²) in [6.45, 7) is 4.44. The van der Waals surface area contributed by atoms with Crippen molar-refractivity contribution in [1.29, 1.82) is 0 Å². The van der Waals surface area contributed by atoms with Gasteiger partial charge in [0, 0.05) is 37.9 Å². The summed E-state index contributed by atoms with van der Waals surface area (Å²) in [4.78, 5) is 2.21. The van der Waals surface area contributed by atoms with Crippen molar-refractivity contribution in [3.63, 3.8) is 0 Å². The average Bonchev–Trinajstić information content (AvgIpc) is 2.38. The maximum atomic E-state index is 11.5. The predicted molar refractivity (Wildman–Crippen MR) is 77.7 cm³/mol. The highest BCUT2D eigenvalue weighted by Crippen LogP contribution is 2.26. The summed E-state index contributed by atoms with van der Waals surface area (Å²) in [7, 11) is -3.08. The molecule has 1 aliphatic rings. The fourth-order valence-electron chi connectivity index (χ4n) is 2.42. The summed E-state index contributed by atoms with van der Waals surface area (Å²) in [5.74, 6) is 0. The van der Waals surface area contributed by atoms with Crippen molar-refractivity contribution in [3.05, 3.63) is 29.8 Å². The second-order valence-electron chi connectivity index (χ2n) is 5.00. The Morgan fingerprint density at radius 3 is 2.26 bits per heavy atom. The molecular weight excluding hydrogens is 262 g/mol. The van der Waals surface area contributed by atoms with Crippen LogP contribution in [0.25, 0.3) is 0 Å². The molecule has 0 amide bonds. The van der Waals surface area contributed by atoms with E-state index in [1.807, 2.05) is 25.1 Å². The molecule has 1 aromatic rings. The lowest BCUT2D eigenvalue weighted by molar-refractivity contribution is 0.387. The molecule has 6 heteroatoms. The summed E-state index contributed by atoms with van der Waals surface area (Å²) in [6, 6.07) is 8.03. The molecule has 0 aromatic heterocycles. The lowest BCUT2D eigenvalue weighted by Crippen LogP contribution is -2.48.